The predicted molar refractivity (Wildman–Crippen MR) is 87.6 cm³/mol. The van der Waals surface area contributed by atoms with E-state index >= 15 is 0 Å². The van der Waals surface area contributed by atoms with Gasteiger partial charge in [-0.3, -0.25) is 4.79 Å². The van der Waals surface area contributed by atoms with Gasteiger partial charge in [-0.25, -0.2) is 9.03 Å². The standard InChI is InChI=1S/C16H13N3O4S/c1-23-15-6-5-13(19-10-16(20)18-24(19,21)22)8-14(15)12-4-2-3-11(7-12)9-17/h2-8H,10H2,1H3,(H,18,20). The molecule has 1 aliphatic heterocycles. The fourth-order valence-corrected chi connectivity index (χ4v) is 3.65. The summed E-state index contributed by atoms with van der Waals surface area (Å²) in [5.41, 5.74) is 2.15. The third-order valence-electron chi connectivity index (χ3n) is 3.59. The van der Waals surface area contributed by atoms with E-state index in [1.165, 1.54) is 7.11 Å². The first-order valence-electron chi connectivity index (χ1n) is 6.96. The Kier molecular flexibility index (Phi) is 3.87. The molecule has 0 spiro atoms. The first-order chi connectivity index (χ1) is 11.4. The van der Waals surface area contributed by atoms with Crippen molar-refractivity contribution in [3.05, 3.63) is 48.0 Å². The number of carbonyl (C=O) groups excluding carboxylic acids is 1. The lowest BCUT2D eigenvalue weighted by molar-refractivity contribution is -0.117. The predicted octanol–water partition coefficient (Wildman–Crippen LogP) is 1.41. The number of hydrogen-bond acceptors (Lipinski definition) is 5. The van der Waals surface area contributed by atoms with E-state index in [4.69, 9.17) is 10.00 Å². The Bertz CT molecular complexity index is 964. The van der Waals surface area contributed by atoms with E-state index in [1.807, 2.05) is 4.72 Å². The van der Waals surface area contributed by atoms with Crippen LogP contribution in [0.4, 0.5) is 5.69 Å². The van der Waals surface area contributed by atoms with Gasteiger partial charge in [-0.15, -0.1) is 0 Å². The van der Waals surface area contributed by atoms with Crippen molar-refractivity contribution in [2.24, 2.45) is 0 Å². The first kappa shape index (κ1) is 15.8. The second-order valence-corrected chi connectivity index (χ2v) is 6.71. The average Bonchev–Trinajstić information content (AvgIpc) is 2.86. The molecule has 1 aliphatic rings. The van der Waals surface area contributed by atoms with Crippen LogP contribution in [-0.4, -0.2) is 28.0 Å². The monoisotopic (exact) mass is 343 g/mol. The van der Waals surface area contributed by atoms with E-state index in [0.717, 1.165) is 4.31 Å². The third kappa shape index (κ3) is 2.77. The smallest absolute Gasteiger partial charge is 0.326 e. The first-order valence-corrected chi connectivity index (χ1v) is 8.40. The Morgan fingerprint density at radius 3 is 2.67 bits per heavy atom. The van der Waals surface area contributed by atoms with Crippen molar-refractivity contribution in [3.63, 3.8) is 0 Å². The third-order valence-corrected chi connectivity index (χ3v) is 5.00. The number of nitrogens with one attached hydrogen (secondary N) is 1. The molecule has 8 heteroatoms. The molecule has 2 aromatic rings. The lowest BCUT2D eigenvalue weighted by Crippen LogP contribution is -2.29. The minimum absolute atomic E-state index is 0.271. The van der Waals surface area contributed by atoms with E-state index in [2.05, 4.69) is 6.07 Å². The quantitative estimate of drug-likeness (QED) is 0.908. The van der Waals surface area contributed by atoms with E-state index in [0.29, 0.717) is 28.1 Å². The molecule has 7 nitrogen and oxygen atoms in total. The van der Waals surface area contributed by atoms with Gasteiger partial charge < -0.3 is 4.74 Å². The maximum atomic E-state index is 12.0. The molecule has 0 bridgehead atoms. The van der Waals surface area contributed by atoms with Crippen molar-refractivity contribution in [3.8, 4) is 22.9 Å². The van der Waals surface area contributed by atoms with Crippen LogP contribution in [0.3, 0.4) is 0 Å². The van der Waals surface area contributed by atoms with Gasteiger partial charge in [0.05, 0.1) is 24.4 Å². The van der Waals surface area contributed by atoms with Crippen LogP contribution in [0.25, 0.3) is 11.1 Å². The van der Waals surface area contributed by atoms with Gasteiger partial charge in [0.2, 0.25) is 0 Å². The summed E-state index contributed by atoms with van der Waals surface area (Å²) in [6, 6.07) is 13.8. The highest BCUT2D eigenvalue weighted by Crippen LogP contribution is 2.35. The van der Waals surface area contributed by atoms with Crippen LogP contribution in [0.1, 0.15) is 5.56 Å². The number of nitrogens with zero attached hydrogens (tertiary/aromatic N) is 2. The lowest BCUT2D eigenvalue weighted by atomic mass is 10.0. The Balaban J connectivity index is 2.13. The number of carbonyl (C=O) groups is 1. The summed E-state index contributed by atoms with van der Waals surface area (Å²) in [5, 5.41) is 9.05. The lowest BCUT2D eigenvalue weighted by Gasteiger charge is -2.17. The number of amides is 1. The van der Waals surface area contributed by atoms with Gasteiger partial charge in [-0.05, 0) is 35.9 Å². The summed E-state index contributed by atoms with van der Waals surface area (Å²) in [6.07, 6.45) is 0. The summed E-state index contributed by atoms with van der Waals surface area (Å²) in [4.78, 5) is 11.4. The minimum atomic E-state index is -3.88. The molecule has 0 atom stereocenters. The maximum Gasteiger partial charge on any atom is 0.326 e. The SMILES string of the molecule is COc1ccc(N2CC(=O)NS2(=O)=O)cc1-c1cccc(C#N)c1. The second kappa shape index (κ2) is 5.86. The van der Waals surface area contributed by atoms with Crippen molar-refractivity contribution < 1.29 is 17.9 Å². The van der Waals surface area contributed by atoms with Crippen LogP contribution in [0.15, 0.2) is 42.5 Å². The fourth-order valence-electron chi connectivity index (χ4n) is 2.51. The number of methoxy groups -OCH3 is 1. The molecule has 2 aromatic carbocycles. The van der Waals surface area contributed by atoms with Crippen molar-refractivity contribution in [1.82, 2.24) is 4.72 Å². The molecule has 0 saturated carbocycles. The van der Waals surface area contributed by atoms with Gasteiger partial charge in [0, 0.05) is 5.56 Å². The number of nitriles is 1. The van der Waals surface area contributed by atoms with Crippen LogP contribution in [-0.2, 0) is 15.0 Å². The van der Waals surface area contributed by atoms with Gasteiger partial charge in [-0.2, -0.15) is 13.7 Å². The largest absolute Gasteiger partial charge is 0.496 e. The molecule has 1 N–H and O–H groups in total. The minimum Gasteiger partial charge on any atom is -0.496 e. The van der Waals surface area contributed by atoms with Crippen molar-refractivity contribution in [1.29, 1.82) is 5.26 Å². The zero-order valence-electron chi connectivity index (χ0n) is 12.7. The number of hydrogen-bond donors (Lipinski definition) is 1. The summed E-state index contributed by atoms with van der Waals surface area (Å²) >= 11 is 0. The Hall–Kier alpha value is -3.05. The van der Waals surface area contributed by atoms with Crippen molar-refractivity contribution in [2.45, 2.75) is 0 Å². The topological polar surface area (TPSA) is 99.5 Å². The molecular formula is C16H13N3O4S. The Labute approximate surface area is 139 Å². The number of benzene rings is 2. The van der Waals surface area contributed by atoms with E-state index in [1.54, 1.807) is 42.5 Å². The Morgan fingerprint density at radius 1 is 1.25 bits per heavy atom. The number of rotatable bonds is 3. The Morgan fingerprint density at radius 2 is 2.04 bits per heavy atom. The van der Waals surface area contributed by atoms with Gasteiger partial charge in [0.1, 0.15) is 12.3 Å². The summed E-state index contributed by atoms with van der Waals surface area (Å²) in [7, 11) is -2.38. The summed E-state index contributed by atoms with van der Waals surface area (Å²) in [6.45, 7) is -0.271. The van der Waals surface area contributed by atoms with E-state index in [-0.39, 0.29) is 6.54 Å². The van der Waals surface area contributed by atoms with Gasteiger partial charge >= 0.3 is 10.2 Å². The number of anilines is 1. The van der Waals surface area contributed by atoms with E-state index in [9.17, 15) is 13.2 Å². The normalized spacial score (nSPS) is 15.7. The van der Waals surface area contributed by atoms with Gasteiger partial charge in [0.15, 0.2) is 0 Å². The van der Waals surface area contributed by atoms with Crippen LogP contribution in [0, 0.1) is 11.3 Å². The molecule has 3 rings (SSSR count). The molecule has 0 unspecified atom stereocenters. The molecule has 1 fully saturated rings. The van der Waals surface area contributed by atoms with Crippen molar-refractivity contribution in [2.75, 3.05) is 18.0 Å². The molecule has 24 heavy (non-hydrogen) atoms. The van der Waals surface area contributed by atoms with Crippen LogP contribution in [0.2, 0.25) is 0 Å². The highest BCUT2D eigenvalue weighted by Gasteiger charge is 2.34. The van der Waals surface area contributed by atoms with Crippen LogP contribution in [0.5, 0.6) is 5.75 Å². The summed E-state index contributed by atoms with van der Waals surface area (Å²) < 4.78 is 32.2. The molecule has 1 saturated heterocycles. The number of ether oxygens (including phenoxy) is 1. The maximum absolute atomic E-state index is 12.0. The molecule has 122 valence electrons. The van der Waals surface area contributed by atoms with Gasteiger partial charge in [-0.1, -0.05) is 12.1 Å². The summed E-state index contributed by atoms with van der Waals surface area (Å²) in [5.74, 6) is -0.0523. The molecule has 0 radical (unpaired) electrons. The van der Waals surface area contributed by atoms with E-state index < -0.39 is 16.1 Å². The van der Waals surface area contributed by atoms with Crippen LogP contribution < -0.4 is 13.8 Å². The van der Waals surface area contributed by atoms with Gasteiger partial charge in [0.25, 0.3) is 5.91 Å². The highest BCUT2D eigenvalue weighted by atomic mass is 32.2. The van der Waals surface area contributed by atoms with Crippen LogP contribution >= 0.6 is 0 Å². The molecule has 1 heterocycles. The van der Waals surface area contributed by atoms with Crippen molar-refractivity contribution >= 4 is 21.8 Å². The highest BCUT2D eigenvalue weighted by molar-refractivity contribution is 7.92. The zero-order valence-corrected chi connectivity index (χ0v) is 13.5. The molecular weight excluding hydrogens is 330 g/mol. The molecule has 0 aromatic heterocycles. The fraction of sp³-hybridized carbons (Fsp3) is 0.125. The molecule has 1 amide bonds. The average molecular weight is 343 g/mol. The zero-order chi connectivity index (χ0) is 17.3. The second-order valence-electron chi connectivity index (χ2n) is 5.11. The molecule has 0 aliphatic carbocycles.